The van der Waals surface area contributed by atoms with Crippen molar-refractivity contribution in [3.05, 3.63) is 46.2 Å². The molecule has 0 aliphatic heterocycles. The Labute approximate surface area is 150 Å². The van der Waals surface area contributed by atoms with Gasteiger partial charge < -0.3 is 14.4 Å². The molecule has 0 fully saturated rings. The molecule has 1 aromatic heterocycles. The first-order valence-electron chi connectivity index (χ1n) is 7.60. The Morgan fingerprint density at radius 2 is 2.04 bits per heavy atom. The van der Waals surface area contributed by atoms with Crippen LogP contribution < -0.4 is 9.64 Å². The van der Waals surface area contributed by atoms with Gasteiger partial charge in [0, 0.05) is 6.54 Å². The highest BCUT2D eigenvalue weighted by atomic mass is 32.1. The molecule has 0 radical (unpaired) electrons. The Balaban J connectivity index is 2.12. The molecule has 0 atom stereocenters. The number of para-hydroxylation sites is 2. The summed E-state index contributed by atoms with van der Waals surface area (Å²) >= 11 is 1.27. The highest BCUT2D eigenvalue weighted by Gasteiger charge is 2.21. The van der Waals surface area contributed by atoms with Crippen molar-refractivity contribution in [2.45, 2.75) is 13.3 Å². The number of ether oxygens (including phenoxy) is 2. The topological polar surface area (TPSA) is 79.6 Å². The van der Waals surface area contributed by atoms with Crippen molar-refractivity contribution >= 4 is 28.9 Å². The molecule has 1 aromatic carbocycles. The van der Waals surface area contributed by atoms with Crippen molar-refractivity contribution in [1.29, 1.82) is 5.26 Å². The second-order valence-electron chi connectivity index (χ2n) is 5.13. The molecule has 0 aliphatic carbocycles. The first-order valence-corrected chi connectivity index (χ1v) is 8.48. The smallest absolute Gasteiger partial charge is 0.349 e. The van der Waals surface area contributed by atoms with Gasteiger partial charge in [-0.05, 0) is 36.1 Å². The number of methoxy groups -OCH3 is 1. The third-order valence-corrected chi connectivity index (χ3v) is 4.49. The number of carbonyl (C=O) groups excluding carboxylic acids is 2. The third kappa shape index (κ3) is 4.58. The van der Waals surface area contributed by atoms with Gasteiger partial charge in [0.25, 0.3) is 5.91 Å². The molecule has 0 bridgehead atoms. The number of nitriles is 1. The van der Waals surface area contributed by atoms with Crippen molar-refractivity contribution in [1.82, 2.24) is 0 Å². The van der Waals surface area contributed by atoms with Crippen LogP contribution in [0.2, 0.25) is 0 Å². The first-order chi connectivity index (χ1) is 12.1. The maximum absolute atomic E-state index is 12.6. The van der Waals surface area contributed by atoms with Gasteiger partial charge in [-0.3, -0.25) is 4.79 Å². The monoisotopic (exact) mass is 358 g/mol. The Kier molecular flexibility index (Phi) is 6.54. The van der Waals surface area contributed by atoms with Crippen molar-refractivity contribution < 1.29 is 19.1 Å². The number of esters is 1. The lowest BCUT2D eigenvalue weighted by Gasteiger charge is -2.23. The second-order valence-corrected chi connectivity index (χ2v) is 6.05. The van der Waals surface area contributed by atoms with Crippen LogP contribution in [0.25, 0.3) is 0 Å². The van der Waals surface area contributed by atoms with E-state index in [1.165, 1.54) is 23.3 Å². The molecule has 1 amide bonds. The standard InChI is InChI=1S/C18H18N2O4S/c1-13-8-11-25-17(13)18(22)24-12-16(21)20(10-5-9-19)14-6-3-4-7-15(14)23-2/h3-4,6-8,11H,5,10,12H2,1-2H3. The molecule has 0 saturated heterocycles. The van der Waals surface area contributed by atoms with Gasteiger partial charge in [-0.15, -0.1) is 11.3 Å². The van der Waals surface area contributed by atoms with Gasteiger partial charge >= 0.3 is 5.97 Å². The summed E-state index contributed by atoms with van der Waals surface area (Å²) in [6.45, 7) is 1.59. The van der Waals surface area contributed by atoms with Gasteiger partial charge in [0.15, 0.2) is 6.61 Å². The van der Waals surface area contributed by atoms with E-state index in [1.54, 1.807) is 29.6 Å². The van der Waals surface area contributed by atoms with Gasteiger partial charge in [-0.1, -0.05) is 12.1 Å². The van der Waals surface area contributed by atoms with E-state index in [9.17, 15) is 9.59 Å². The highest BCUT2D eigenvalue weighted by molar-refractivity contribution is 7.12. The predicted molar refractivity (Wildman–Crippen MR) is 94.9 cm³/mol. The fourth-order valence-corrected chi connectivity index (χ4v) is 3.06. The van der Waals surface area contributed by atoms with Crippen molar-refractivity contribution in [3.8, 4) is 11.8 Å². The number of thiophene rings is 1. The van der Waals surface area contributed by atoms with Crippen molar-refractivity contribution in [2.24, 2.45) is 0 Å². The van der Waals surface area contributed by atoms with Crippen molar-refractivity contribution in [2.75, 3.05) is 25.2 Å². The number of aryl methyl sites for hydroxylation is 1. The maximum atomic E-state index is 12.6. The maximum Gasteiger partial charge on any atom is 0.349 e. The molecule has 130 valence electrons. The number of carbonyl (C=O) groups is 2. The molecule has 0 aliphatic rings. The molecule has 1 heterocycles. The Morgan fingerprint density at radius 3 is 2.68 bits per heavy atom. The second kappa shape index (κ2) is 8.85. The molecule has 7 heteroatoms. The normalized spacial score (nSPS) is 9.96. The SMILES string of the molecule is COc1ccccc1N(CCC#N)C(=O)COC(=O)c1sccc1C. The molecular weight excluding hydrogens is 340 g/mol. The molecular formula is C18H18N2O4S. The number of hydrogen-bond acceptors (Lipinski definition) is 6. The fraction of sp³-hybridized carbons (Fsp3) is 0.278. The molecule has 0 N–H and O–H groups in total. The predicted octanol–water partition coefficient (Wildman–Crippen LogP) is 3.17. The number of hydrogen-bond donors (Lipinski definition) is 0. The lowest BCUT2D eigenvalue weighted by molar-refractivity contribution is -0.121. The van der Waals surface area contributed by atoms with Crippen LogP contribution in [0.1, 0.15) is 21.7 Å². The molecule has 0 unspecified atom stereocenters. The van der Waals surface area contributed by atoms with Gasteiger partial charge in [-0.2, -0.15) is 5.26 Å². The summed E-state index contributed by atoms with van der Waals surface area (Å²) in [6, 6.07) is 10.8. The highest BCUT2D eigenvalue weighted by Crippen LogP contribution is 2.28. The number of anilines is 1. The zero-order valence-electron chi connectivity index (χ0n) is 14.0. The van der Waals surface area contributed by atoms with Gasteiger partial charge in [0.05, 0.1) is 25.3 Å². The van der Waals surface area contributed by atoms with Crippen molar-refractivity contribution in [3.63, 3.8) is 0 Å². The molecule has 0 spiro atoms. The number of benzene rings is 1. The van der Waals surface area contributed by atoms with Gasteiger partial charge in [-0.25, -0.2) is 4.79 Å². The van der Waals surface area contributed by atoms with Crippen LogP contribution in [0.3, 0.4) is 0 Å². The van der Waals surface area contributed by atoms with E-state index < -0.39 is 18.5 Å². The molecule has 0 saturated carbocycles. The van der Waals surface area contributed by atoms with Crippen LogP contribution in [-0.4, -0.2) is 32.1 Å². The summed E-state index contributed by atoms with van der Waals surface area (Å²) in [6.07, 6.45) is 0.155. The Hall–Kier alpha value is -2.85. The van der Waals surface area contributed by atoms with E-state index in [4.69, 9.17) is 14.7 Å². The first kappa shape index (κ1) is 18.5. The van der Waals surface area contributed by atoms with Crippen LogP contribution in [0.5, 0.6) is 5.75 Å². The third-order valence-electron chi connectivity index (χ3n) is 3.50. The van der Waals surface area contributed by atoms with Crippen LogP contribution >= 0.6 is 11.3 Å². The molecule has 6 nitrogen and oxygen atoms in total. The number of nitrogens with zero attached hydrogens (tertiary/aromatic N) is 2. The summed E-state index contributed by atoms with van der Waals surface area (Å²) in [5.41, 5.74) is 1.35. The lowest BCUT2D eigenvalue weighted by Crippen LogP contribution is -2.35. The van der Waals surface area contributed by atoms with E-state index in [-0.39, 0.29) is 13.0 Å². The van der Waals surface area contributed by atoms with E-state index >= 15 is 0 Å². The molecule has 2 aromatic rings. The Bertz CT molecular complexity index is 794. The van der Waals surface area contributed by atoms with E-state index in [0.717, 1.165) is 5.56 Å². The summed E-state index contributed by atoms with van der Waals surface area (Å²) in [5.74, 6) is -0.433. The van der Waals surface area contributed by atoms with Crippen LogP contribution in [0, 0.1) is 18.3 Å². The fourth-order valence-electron chi connectivity index (χ4n) is 2.25. The summed E-state index contributed by atoms with van der Waals surface area (Å²) in [7, 11) is 1.51. The Morgan fingerprint density at radius 1 is 1.28 bits per heavy atom. The van der Waals surface area contributed by atoms with Gasteiger partial charge in [0.1, 0.15) is 10.6 Å². The number of rotatable bonds is 7. The molecule has 25 heavy (non-hydrogen) atoms. The summed E-state index contributed by atoms with van der Waals surface area (Å²) in [5, 5.41) is 10.6. The largest absolute Gasteiger partial charge is 0.495 e. The summed E-state index contributed by atoms with van der Waals surface area (Å²) < 4.78 is 10.4. The average molecular weight is 358 g/mol. The van der Waals surface area contributed by atoms with Gasteiger partial charge in [0.2, 0.25) is 0 Å². The summed E-state index contributed by atoms with van der Waals surface area (Å²) in [4.78, 5) is 26.5. The minimum Gasteiger partial charge on any atom is -0.495 e. The average Bonchev–Trinajstić information content (AvgIpc) is 3.06. The van der Waals surface area contributed by atoms with E-state index in [2.05, 4.69) is 0 Å². The van der Waals surface area contributed by atoms with Crippen LogP contribution in [-0.2, 0) is 9.53 Å². The minimum absolute atomic E-state index is 0.155. The zero-order valence-corrected chi connectivity index (χ0v) is 14.8. The molecule has 2 rings (SSSR count). The van der Waals surface area contributed by atoms with Crippen LogP contribution in [0.4, 0.5) is 5.69 Å². The minimum atomic E-state index is -0.527. The van der Waals surface area contributed by atoms with Crippen LogP contribution in [0.15, 0.2) is 35.7 Å². The quantitative estimate of drug-likeness (QED) is 0.710. The van der Waals surface area contributed by atoms with E-state index in [0.29, 0.717) is 16.3 Å². The number of amides is 1. The zero-order chi connectivity index (χ0) is 18.2. The van der Waals surface area contributed by atoms with E-state index in [1.807, 2.05) is 19.1 Å². The lowest BCUT2D eigenvalue weighted by atomic mass is 10.2.